The van der Waals surface area contributed by atoms with E-state index in [0.29, 0.717) is 22.8 Å². The summed E-state index contributed by atoms with van der Waals surface area (Å²) in [6.45, 7) is 0.0744. The summed E-state index contributed by atoms with van der Waals surface area (Å²) in [7, 11) is 0. The highest BCUT2D eigenvalue weighted by Crippen LogP contribution is 2.25. The summed E-state index contributed by atoms with van der Waals surface area (Å²) in [4.78, 5) is 30.5. The van der Waals surface area contributed by atoms with E-state index in [2.05, 4.69) is 30.6 Å². The van der Waals surface area contributed by atoms with Gasteiger partial charge in [0.15, 0.2) is 0 Å². The van der Waals surface area contributed by atoms with Gasteiger partial charge < -0.3 is 9.84 Å². The molecule has 0 atom stereocenters. The number of benzene rings is 2. The molecule has 0 fully saturated rings. The standard InChI is InChI=1S/C18H14N6O3/c25-16(19-10-14-20-18(26)23-22-14)12-8-4-5-9-13(12)17-21-15(24-27-17)11-6-2-1-3-7-11/h1-9H,10H2,(H,19,25)(H2,20,22,23,26). The van der Waals surface area contributed by atoms with Crippen LogP contribution in [-0.2, 0) is 6.54 Å². The van der Waals surface area contributed by atoms with Crippen molar-refractivity contribution in [1.82, 2.24) is 30.6 Å². The number of hydrogen-bond acceptors (Lipinski definition) is 6. The number of H-pyrrole nitrogens is 2. The quantitative estimate of drug-likeness (QED) is 0.496. The Labute approximate surface area is 152 Å². The molecule has 9 nitrogen and oxygen atoms in total. The minimum Gasteiger partial charge on any atom is -0.345 e. The normalized spacial score (nSPS) is 10.7. The molecule has 9 heteroatoms. The Balaban J connectivity index is 1.58. The number of amides is 1. The minimum atomic E-state index is -0.432. The summed E-state index contributed by atoms with van der Waals surface area (Å²) >= 11 is 0. The van der Waals surface area contributed by atoms with Crippen molar-refractivity contribution in [3.05, 3.63) is 76.5 Å². The summed E-state index contributed by atoms with van der Waals surface area (Å²) in [5.74, 6) is 0.659. The van der Waals surface area contributed by atoms with Crippen molar-refractivity contribution in [1.29, 1.82) is 0 Å². The maximum atomic E-state index is 12.6. The van der Waals surface area contributed by atoms with E-state index in [1.165, 1.54) is 0 Å². The zero-order valence-corrected chi connectivity index (χ0v) is 14.0. The van der Waals surface area contributed by atoms with Gasteiger partial charge in [0.05, 0.1) is 17.7 Å². The van der Waals surface area contributed by atoms with Gasteiger partial charge in [0.1, 0.15) is 5.82 Å². The number of hydrogen-bond donors (Lipinski definition) is 3. The predicted octanol–water partition coefficient (Wildman–Crippen LogP) is 1.74. The van der Waals surface area contributed by atoms with E-state index in [9.17, 15) is 9.59 Å². The van der Waals surface area contributed by atoms with Gasteiger partial charge in [-0.1, -0.05) is 47.6 Å². The molecule has 134 valence electrons. The van der Waals surface area contributed by atoms with E-state index < -0.39 is 5.69 Å². The predicted molar refractivity (Wildman–Crippen MR) is 95.5 cm³/mol. The lowest BCUT2D eigenvalue weighted by atomic mass is 10.1. The molecule has 1 amide bonds. The Bertz CT molecular complexity index is 1130. The molecule has 0 radical (unpaired) electrons. The molecule has 0 unspecified atom stereocenters. The van der Waals surface area contributed by atoms with Crippen LogP contribution in [0.5, 0.6) is 0 Å². The number of carbonyl (C=O) groups excluding carboxylic acids is 1. The fraction of sp³-hybridized carbons (Fsp3) is 0.0556. The van der Waals surface area contributed by atoms with E-state index in [1.807, 2.05) is 30.3 Å². The Kier molecular flexibility index (Phi) is 4.32. The average Bonchev–Trinajstić information content (AvgIpc) is 3.36. The molecule has 0 aliphatic heterocycles. The highest BCUT2D eigenvalue weighted by molar-refractivity contribution is 5.99. The highest BCUT2D eigenvalue weighted by atomic mass is 16.5. The first-order valence-electron chi connectivity index (χ1n) is 8.11. The van der Waals surface area contributed by atoms with Crippen LogP contribution in [-0.4, -0.2) is 31.2 Å². The molecule has 0 aliphatic carbocycles. The fourth-order valence-corrected chi connectivity index (χ4v) is 2.55. The van der Waals surface area contributed by atoms with E-state index in [-0.39, 0.29) is 18.3 Å². The Morgan fingerprint density at radius 1 is 1.07 bits per heavy atom. The third kappa shape index (κ3) is 3.52. The smallest absolute Gasteiger partial charge is 0.340 e. The molecule has 0 spiro atoms. The first kappa shape index (κ1) is 16.5. The second kappa shape index (κ2) is 7.08. The molecule has 0 bridgehead atoms. The van der Waals surface area contributed by atoms with Crippen LogP contribution in [0.4, 0.5) is 0 Å². The number of carbonyl (C=O) groups is 1. The molecule has 27 heavy (non-hydrogen) atoms. The molecule has 4 rings (SSSR count). The zero-order chi connectivity index (χ0) is 18.6. The van der Waals surface area contributed by atoms with E-state index in [4.69, 9.17) is 4.52 Å². The van der Waals surface area contributed by atoms with Crippen LogP contribution in [0.1, 0.15) is 16.2 Å². The largest absolute Gasteiger partial charge is 0.345 e. The number of nitrogens with zero attached hydrogens (tertiary/aromatic N) is 3. The van der Waals surface area contributed by atoms with Crippen molar-refractivity contribution in [3.63, 3.8) is 0 Å². The molecule has 2 aromatic carbocycles. The van der Waals surface area contributed by atoms with E-state index in [1.54, 1.807) is 24.3 Å². The summed E-state index contributed by atoms with van der Waals surface area (Å²) in [6.07, 6.45) is 0. The molecular formula is C18H14N6O3. The number of rotatable bonds is 5. The summed E-state index contributed by atoms with van der Waals surface area (Å²) in [5, 5.41) is 12.7. The van der Waals surface area contributed by atoms with E-state index in [0.717, 1.165) is 5.56 Å². The Morgan fingerprint density at radius 3 is 2.63 bits per heavy atom. The summed E-state index contributed by atoms with van der Waals surface area (Å²) in [5.41, 5.74) is 1.27. The molecule has 4 aromatic rings. The maximum absolute atomic E-state index is 12.6. The van der Waals surface area contributed by atoms with Gasteiger partial charge in [0.2, 0.25) is 5.82 Å². The lowest BCUT2D eigenvalue weighted by molar-refractivity contribution is 0.0950. The van der Waals surface area contributed by atoms with Crippen molar-refractivity contribution in [2.45, 2.75) is 6.54 Å². The van der Waals surface area contributed by atoms with Crippen LogP contribution in [0.2, 0.25) is 0 Å². The molecule has 2 heterocycles. The monoisotopic (exact) mass is 362 g/mol. The van der Waals surface area contributed by atoms with Crippen molar-refractivity contribution >= 4 is 5.91 Å². The fourth-order valence-electron chi connectivity index (χ4n) is 2.55. The van der Waals surface area contributed by atoms with Crippen LogP contribution >= 0.6 is 0 Å². The van der Waals surface area contributed by atoms with Crippen molar-refractivity contribution in [2.75, 3.05) is 0 Å². The van der Waals surface area contributed by atoms with Gasteiger partial charge in [-0.25, -0.2) is 9.89 Å². The number of aromatic nitrogens is 5. The Morgan fingerprint density at radius 2 is 1.85 bits per heavy atom. The number of nitrogens with one attached hydrogen (secondary N) is 3. The lowest BCUT2D eigenvalue weighted by Crippen LogP contribution is -2.24. The summed E-state index contributed by atoms with van der Waals surface area (Å²) < 4.78 is 5.36. The first-order valence-corrected chi connectivity index (χ1v) is 8.11. The molecule has 0 saturated carbocycles. The van der Waals surface area contributed by atoms with Gasteiger partial charge in [0, 0.05) is 5.56 Å². The van der Waals surface area contributed by atoms with Crippen LogP contribution in [0, 0.1) is 0 Å². The van der Waals surface area contributed by atoms with Crippen molar-refractivity contribution < 1.29 is 9.32 Å². The summed E-state index contributed by atoms with van der Waals surface area (Å²) in [6, 6.07) is 16.3. The van der Waals surface area contributed by atoms with Crippen molar-refractivity contribution in [3.8, 4) is 22.8 Å². The second-order valence-electron chi connectivity index (χ2n) is 5.64. The topological polar surface area (TPSA) is 130 Å². The minimum absolute atomic E-state index is 0.0744. The Hall–Kier alpha value is -4.01. The molecule has 0 saturated heterocycles. The molecule has 0 aliphatic rings. The van der Waals surface area contributed by atoms with Crippen molar-refractivity contribution in [2.24, 2.45) is 0 Å². The third-order valence-corrected chi connectivity index (χ3v) is 3.83. The van der Waals surface area contributed by atoms with Gasteiger partial charge >= 0.3 is 5.69 Å². The van der Waals surface area contributed by atoms with Gasteiger partial charge in [-0.05, 0) is 12.1 Å². The van der Waals surface area contributed by atoms with Gasteiger partial charge in [-0.2, -0.15) is 10.1 Å². The molecule has 3 N–H and O–H groups in total. The zero-order valence-electron chi connectivity index (χ0n) is 14.0. The van der Waals surface area contributed by atoms with Gasteiger partial charge in [-0.15, -0.1) is 0 Å². The van der Waals surface area contributed by atoms with Crippen LogP contribution < -0.4 is 11.0 Å². The average molecular weight is 362 g/mol. The SMILES string of the molecule is O=C(NCc1n[nH]c(=O)[nH]1)c1ccccc1-c1nc(-c2ccccc2)no1. The van der Waals surface area contributed by atoms with E-state index >= 15 is 0 Å². The maximum Gasteiger partial charge on any atom is 0.340 e. The van der Waals surface area contributed by atoms with Gasteiger partial charge in [0.25, 0.3) is 11.8 Å². The highest BCUT2D eigenvalue weighted by Gasteiger charge is 2.18. The number of aromatic amines is 2. The van der Waals surface area contributed by atoms with Crippen LogP contribution in [0.3, 0.4) is 0 Å². The second-order valence-corrected chi connectivity index (χ2v) is 5.64. The van der Waals surface area contributed by atoms with Gasteiger partial charge in [-0.3, -0.25) is 9.78 Å². The first-order chi connectivity index (χ1) is 13.2. The lowest BCUT2D eigenvalue weighted by Gasteiger charge is -2.06. The van der Waals surface area contributed by atoms with Crippen LogP contribution in [0.25, 0.3) is 22.8 Å². The van der Waals surface area contributed by atoms with Crippen LogP contribution in [0.15, 0.2) is 63.9 Å². The molecular weight excluding hydrogens is 348 g/mol. The molecule has 2 aromatic heterocycles. The third-order valence-electron chi connectivity index (χ3n) is 3.83.